The van der Waals surface area contributed by atoms with Crippen LogP contribution in [0.25, 0.3) is 5.76 Å². The molecule has 0 spiro atoms. The SMILES string of the molecule is CCN(CC)CCN1C(=O)C(=O)C(=C(O)c2ccc(Cl)cc2)C1c1cccc(Br)c1. The third-order valence-corrected chi connectivity index (χ3v) is 6.12. The lowest BCUT2D eigenvalue weighted by Gasteiger charge is -2.28. The van der Waals surface area contributed by atoms with Crippen molar-refractivity contribution in [1.82, 2.24) is 9.80 Å². The Bertz CT molecular complexity index is 971. The molecule has 158 valence electrons. The van der Waals surface area contributed by atoms with E-state index >= 15 is 0 Å². The van der Waals surface area contributed by atoms with Crippen molar-refractivity contribution in [3.63, 3.8) is 0 Å². The summed E-state index contributed by atoms with van der Waals surface area (Å²) in [5.74, 6) is -1.46. The van der Waals surface area contributed by atoms with E-state index in [-0.39, 0.29) is 11.3 Å². The monoisotopic (exact) mass is 490 g/mol. The number of carbonyl (C=O) groups excluding carboxylic acids is 2. The molecule has 1 atom stereocenters. The summed E-state index contributed by atoms with van der Waals surface area (Å²) in [6.45, 7) is 6.86. The molecule has 1 amide bonds. The summed E-state index contributed by atoms with van der Waals surface area (Å²) >= 11 is 9.42. The molecule has 1 unspecified atom stereocenters. The van der Waals surface area contributed by atoms with Gasteiger partial charge >= 0.3 is 0 Å². The number of aliphatic hydroxyl groups excluding tert-OH is 1. The molecule has 1 fully saturated rings. The van der Waals surface area contributed by atoms with Crippen molar-refractivity contribution in [1.29, 1.82) is 0 Å². The largest absolute Gasteiger partial charge is 0.507 e. The highest BCUT2D eigenvalue weighted by Gasteiger charge is 2.46. The molecule has 0 aliphatic carbocycles. The number of carbonyl (C=O) groups is 2. The molecule has 1 aliphatic heterocycles. The number of likely N-dealkylation sites (N-methyl/N-ethyl adjacent to an activating group) is 1. The first-order valence-corrected chi connectivity index (χ1v) is 11.1. The van der Waals surface area contributed by atoms with Crippen LogP contribution >= 0.6 is 27.5 Å². The lowest BCUT2D eigenvalue weighted by Crippen LogP contribution is -2.38. The molecule has 1 saturated heterocycles. The van der Waals surface area contributed by atoms with Gasteiger partial charge in [0.2, 0.25) is 0 Å². The lowest BCUT2D eigenvalue weighted by atomic mass is 9.95. The molecule has 5 nitrogen and oxygen atoms in total. The van der Waals surface area contributed by atoms with Gasteiger partial charge in [0, 0.05) is 28.1 Å². The zero-order valence-corrected chi connectivity index (χ0v) is 19.3. The van der Waals surface area contributed by atoms with Gasteiger partial charge in [-0.05, 0) is 55.1 Å². The Morgan fingerprint density at radius 3 is 2.40 bits per heavy atom. The van der Waals surface area contributed by atoms with Crippen LogP contribution in [-0.2, 0) is 9.59 Å². The summed E-state index contributed by atoms with van der Waals surface area (Å²) in [6, 6.07) is 13.4. The average Bonchev–Trinajstić information content (AvgIpc) is 2.99. The second-order valence-electron chi connectivity index (χ2n) is 7.08. The van der Waals surface area contributed by atoms with Crippen LogP contribution in [0, 0.1) is 0 Å². The van der Waals surface area contributed by atoms with E-state index in [1.165, 1.54) is 0 Å². The lowest BCUT2D eigenvalue weighted by molar-refractivity contribution is -0.140. The molecule has 0 radical (unpaired) electrons. The van der Waals surface area contributed by atoms with Crippen molar-refractivity contribution in [2.45, 2.75) is 19.9 Å². The normalized spacial score (nSPS) is 18.4. The van der Waals surface area contributed by atoms with Gasteiger partial charge in [0.1, 0.15) is 5.76 Å². The van der Waals surface area contributed by atoms with E-state index in [1.54, 1.807) is 29.2 Å². The number of ketones is 1. The van der Waals surface area contributed by atoms with E-state index in [0.29, 0.717) is 23.7 Å². The minimum Gasteiger partial charge on any atom is -0.507 e. The maximum atomic E-state index is 13.0. The van der Waals surface area contributed by atoms with Crippen molar-refractivity contribution < 1.29 is 14.7 Å². The molecule has 2 aromatic carbocycles. The standard InChI is InChI=1S/C23H24BrClN2O3/c1-3-26(4-2)12-13-27-20(16-6-5-7-17(24)14-16)19(22(29)23(27)30)21(28)15-8-10-18(25)11-9-15/h5-11,14,20,28H,3-4,12-13H2,1-2H3. The summed E-state index contributed by atoms with van der Waals surface area (Å²) in [7, 11) is 0. The van der Waals surface area contributed by atoms with Crippen molar-refractivity contribution in [2.75, 3.05) is 26.2 Å². The fourth-order valence-corrected chi connectivity index (χ4v) is 4.23. The Morgan fingerprint density at radius 1 is 1.13 bits per heavy atom. The highest BCUT2D eigenvalue weighted by atomic mass is 79.9. The van der Waals surface area contributed by atoms with Crippen molar-refractivity contribution in [3.05, 3.63) is 74.7 Å². The minimum atomic E-state index is -0.674. The van der Waals surface area contributed by atoms with Crippen LogP contribution in [0.2, 0.25) is 5.02 Å². The number of aliphatic hydroxyl groups is 1. The quantitative estimate of drug-likeness (QED) is 0.341. The van der Waals surface area contributed by atoms with Crippen LogP contribution < -0.4 is 0 Å². The molecule has 30 heavy (non-hydrogen) atoms. The van der Waals surface area contributed by atoms with Gasteiger partial charge in [-0.1, -0.05) is 53.5 Å². The molecule has 1 aliphatic rings. The summed E-state index contributed by atoms with van der Waals surface area (Å²) < 4.78 is 0.834. The molecule has 3 rings (SSSR count). The number of nitrogens with zero attached hydrogens (tertiary/aromatic N) is 2. The summed E-state index contributed by atoms with van der Waals surface area (Å²) in [6.07, 6.45) is 0. The second kappa shape index (κ2) is 9.77. The van der Waals surface area contributed by atoms with Gasteiger partial charge in [0.15, 0.2) is 0 Å². The fourth-order valence-electron chi connectivity index (χ4n) is 3.69. The second-order valence-corrected chi connectivity index (χ2v) is 8.43. The number of hydrogen-bond acceptors (Lipinski definition) is 4. The van der Waals surface area contributed by atoms with Gasteiger partial charge in [-0.3, -0.25) is 9.59 Å². The van der Waals surface area contributed by atoms with E-state index in [2.05, 4.69) is 34.7 Å². The smallest absolute Gasteiger partial charge is 0.295 e. The van der Waals surface area contributed by atoms with E-state index in [0.717, 1.165) is 23.1 Å². The van der Waals surface area contributed by atoms with E-state index in [1.807, 2.05) is 24.3 Å². The predicted octanol–water partition coefficient (Wildman–Crippen LogP) is 4.87. The van der Waals surface area contributed by atoms with Crippen LogP contribution in [-0.4, -0.2) is 52.8 Å². The fraction of sp³-hybridized carbons (Fsp3) is 0.304. The molecular formula is C23H24BrClN2O3. The van der Waals surface area contributed by atoms with Crippen LogP contribution in [0.1, 0.15) is 31.0 Å². The van der Waals surface area contributed by atoms with Gasteiger partial charge in [-0.25, -0.2) is 0 Å². The van der Waals surface area contributed by atoms with E-state index < -0.39 is 17.7 Å². The first kappa shape index (κ1) is 22.5. The van der Waals surface area contributed by atoms with E-state index in [9.17, 15) is 14.7 Å². The van der Waals surface area contributed by atoms with Crippen LogP contribution in [0.4, 0.5) is 0 Å². The van der Waals surface area contributed by atoms with Crippen molar-refractivity contribution in [3.8, 4) is 0 Å². The van der Waals surface area contributed by atoms with Crippen LogP contribution in [0.3, 0.4) is 0 Å². The van der Waals surface area contributed by atoms with Gasteiger partial charge in [0.05, 0.1) is 11.6 Å². The van der Waals surface area contributed by atoms with Gasteiger partial charge in [0.25, 0.3) is 11.7 Å². The number of hydrogen-bond donors (Lipinski definition) is 1. The molecule has 0 saturated carbocycles. The third kappa shape index (κ3) is 4.61. The number of halogens is 2. The number of likely N-dealkylation sites (tertiary alicyclic amines) is 1. The number of Topliss-reactive ketones (excluding diaryl/α,β-unsaturated/α-hetero) is 1. The minimum absolute atomic E-state index is 0.0972. The van der Waals surface area contributed by atoms with Gasteiger partial charge < -0.3 is 14.9 Å². The van der Waals surface area contributed by atoms with Crippen molar-refractivity contribution in [2.24, 2.45) is 0 Å². The number of rotatable bonds is 7. The highest BCUT2D eigenvalue weighted by molar-refractivity contribution is 9.10. The summed E-state index contributed by atoms with van der Waals surface area (Å²) in [5, 5.41) is 11.5. The van der Waals surface area contributed by atoms with E-state index in [4.69, 9.17) is 11.6 Å². The summed E-state index contributed by atoms with van der Waals surface area (Å²) in [5.41, 5.74) is 1.31. The number of benzene rings is 2. The Kier molecular flexibility index (Phi) is 7.34. The first-order chi connectivity index (χ1) is 14.4. The Morgan fingerprint density at radius 2 is 1.80 bits per heavy atom. The third-order valence-electron chi connectivity index (χ3n) is 5.37. The van der Waals surface area contributed by atoms with Crippen LogP contribution in [0.5, 0.6) is 0 Å². The van der Waals surface area contributed by atoms with Crippen molar-refractivity contribution >= 4 is 45.0 Å². The first-order valence-electron chi connectivity index (χ1n) is 9.89. The topological polar surface area (TPSA) is 60.9 Å². The molecule has 0 aromatic heterocycles. The Labute approximate surface area is 190 Å². The summed E-state index contributed by atoms with van der Waals surface area (Å²) in [4.78, 5) is 29.7. The average molecular weight is 492 g/mol. The maximum Gasteiger partial charge on any atom is 0.295 e. The zero-order valence-electron chi connectivity index (χ0n) is 16.9. The van der Waals surface area contributed by atoms with Crippen LogP contribution in [0.15, 0.2) is 58.6 Å². The maximum absolute atomic E-state index is 13.0. The molecule has 2 aromatic rings. The molecule has 1 N–H and O–H groups in total. The Balaban J connectivity index is 2.09. The highest BCUT2D eigenvalue weighted by Crippen LogP contribution is 2.40. The molecule has 7 heteroatoms. The Hall–Kier alpha value is -2.15. The van der Waals surface area contributed by atoms with Gasteiger partial charge in [-0.2, -0.15) is 0 Å². The predicted molar refractivity (Wildman–Crippen MR) is 122 cm³/mol. The van der Waals surface area contributed by atoms with Gasteiger partial charge in [-0.15, -0.1) is 0 Å². The molecular weight excluding hydrogens is 468 g/mol. The molecule has 1 heterocycles. The zero-order chi connectivity index (χ0) is 21.8. The number of amides is 1. The molecule has 0 bridgehead atoms.